The largest absolute Gasteiger partial charge is 0.481 e. The van der Waals surface area contributed by atoms with Crippen LogP contribution in [0.2, 0.25) is 0 Å². The zero-order chi connectivity index (χ0) is 22.5. The van der Waals surface area contributed by atoms with E-state index in [9.17, 15) is 9.59 Å². The summed E-state index contributed by atoms with van der Waals surface area (Å²) in [6.07, 6.45) is 4.56. The van der Waals surface area contributed by atoms with E-state index in [4.69, 9.17) is 5.11 Å². The average molecular weight is 507 g/mol. The minimum Gasteiger partial charge on any atom is -0.481 e. The van der Waals surface area contributed by atoms with Crippen molar-refractivity contribution >= 4 is 48.6 Å². The second-order valence-corrected chi connectivity index (χ2v) is 8.77. The van der Waals surface area contributed by atoms with Gasteiger partial charge in [-0.25, -0.2) is 0 Å². The van der Waals surface area contributed by atoms with Gasteiger partial charge in [0.1, 0.15) is 0 Å². The molecule has 1 fully saturated rings. The van der Waals surface area contributed by atoms with Crippen LogP contribution >= 0.6 is 24.8 Å². The molecule has 4 rings (SSSR count). The number of hydrazone groups is 1. The smallest absolute Gasteiger partial charge is 0.303 e. The van der Waals surface area contributed by atoms with Crippen LogP contribution in [0.25, 0.3) is 0 Å². The van der Waals surface area contributed by atoms with E-state index in [-0.39, 0.29) is 43.1 Å². The van der Waals surface area contributed by atoms with Crippen molar-refractivity contribution in [3.05, 3.63) is 64.7 Å². The number of rotatable bonds is 6. The molecule has 2 aromatic rings. The number of hydrogen-bond donors (Lipinski definition) is 2. The van der Waals surface area contributed by atoms with E-state index in [2.05, 4.69) is 27.4 Å². The van der Waals surface area contributed by atoms with Gasteiger partial charge in [0.25, 0.3) is 5.91 Å². The Morgan fingerprint density at radius 2 is 1.76 bits per heavy atom. The lowest BCUT2D eigenvalue weighted by Gasteiger charge is -2.30. The number of anilines is 1. The van der Waals surface area contributed by atoms with E-state index >= 15 is 0 Å². The number of amides is 1. The molecule has 1 amide bonds. The van der Waals surface area contributed by atoms with Crippen LogP contribution in [0.1, 0.15) is 39.9 Å². The van der Waals surface area contributed by atoms with Crippen molar-refractivity contribution in [2.45, 2.75) is 25.7 Å². The highest BCUT2D eigenvalue weighted by molar-refractivity contribution is 6.04. The van der Waals surface area contributed by atoms with Crippen LogP contribution in [0.15, 0.2) is 47.6 Å². The molecular weight excluding hydrogens is 475 g/mol. The summed E-state index contributed by atoms with van der Waals surface area (Å²) in [6, 6.07) is 13.4. The second kappa shape index (κ2) is 12.7. The van der Waals surface area contributed by atoms with Crippen molar-refractivity contribution in [1.29, 1.82) is 0 Å². The Kier molecular flexibility index (Phi) is 10.4. The zero-order valence-corrected chi connectivity index (χ0v) is 20.9. The summed E-state index contributed by atoms with van der Waals surface area (Å²) in [5, 5.41) is 18.6. The fraction of sp³-hybridized carbons (Fsp3) is 0.400. The predicted octanol–water partition coefficient (Wildman–Crippen LogP) is 3.94. The molecule has 34 heavy (non-hydrogen) atoms. The highest BCUT2D eigenvalue weighted by atomic mass is 35.5. The third kappa shape index (κ3) is 7.45. The van der Waals surface area contributed by atoms with Gasteiger partial charge in [-0.3, -0.25) is 14.6 Å². The number of carbonyl (C=O) groups is 2. The van der Waals surface area contributed by atoms with Crippen LogP contribution < -0.4 is 5.32 Å². The van der Waals surface area contributed by atoms with Gasteiger partial charge in [-0.1, -0.05) is 18.2 Å². The highest BCUT2D eigenvalue weighted by Gasteiger charge is 2.21. The maximum absolute atomic E-state index is 12.7. The first-order valence-electron chi connectivity index (χ1n) is 11.2. The third-order valence-corrected chi connectivity index (χ3v) is 6.28. The molecule has 0 radical (unpaired) electrons. The monoisotopic (exact) mass is 506 g/mol. The Labute approximate surface area is 213 Å². The first-order chi connectivity index (χ1) is 15.5. The number of nitrogens with zero attached hydrogens (tertiary/aromatic N) is 3. The van der Waals surface area contributed by atoms with Crippen LogP contribution in [-0.4, -0.2) is 66.3 Å². The molecule has 1 aliphatic heterocycles. The summed E-state index contributed by atoms with van der Waals surface area (Å²) in [5.74, 6) is -0.753. The lowest BCUT2D eigenvalue weighted by atomic mass is 9.82. The molecule has 2 aliphatic rings. The molecule has 184 valence electrons. The summed E-state index contributed by atoms with van der Waals surface area (Å²) < 4.78 is 0. The number of hydrogen-bond acceptors (Lipinski definition) is 5. The van der Waals surface area contributed by atoms with Gasteiger partial charge in [0.05, 0.1) is 6.21 Å². The van der Waals surface area contributed by atoms with Gasteiger partial charge in [0.15, 0.2) is 0 Å². The number of aliphatic carboxylic acids is 1. The van der Waals surface area contributed by atoms with Gasteiger partial charge in [-0.15, -0.1) is 24.8 Å². The van der Waals surface area contributed by atoms with Gasteiger partial charge in [-0.05, 0) is 73.2 Å². The topological polar surface area (TPSA) is 85.2 Å². The maximum Gasteiger partial charge on any atom is 0.303 e. The Balaban J connectivity index is 0.00000204. The number of halogens is 2. The number of carboxylic acids is 1. The van der Waals surface area contributed by atoms with E-state index in [1.807, 2.05) is 48.7 Å². The van der Waals surface area contributed by atoms with Crippen LogP contribution in [-0.2, 0) is 17.6 Å². The lowest BCUT2D eigenvalue weighted by molar-refractivity contribution is -0.138. The number of carboxylic acid groups (broad SMARTS) is 1. The summed E-state index contributed by atoms with van der Waals surface area (Å²) in [4.78, 5) is 26.0. The van der Waals surface area contributed by atoms with Gasteiger partial charge < -0.3 is 15.3 Å². The number of aryl methyl sites for hydroxylation is 1. The van der Waals surface area contributed by atoms with Crippen molar-refractivity contribution in [2.24, 2.45) is 11.0 Å². The van der Waals surface area contributed by atoms with Crippen molar-refractivity contribution in [2.75, 3.05) is 38.5 Å². The summed E-state index contributed by atoms with van der Waals surface area (Å²) in [6.45, 7) is 3.87. The summed E-state index contributed by atoms with van der Waals surface area (Å²) in [7, 11) is 2.12. The standard InChI is InChI=1S/C25H30N4O3.2ClH/c1-28-10-12-29(13-11-28)26-17-18-2-6-21(7-3-18)25(32)27-23-9-8-20-5-4-19(15-24(30)31)14-22(20)16-23;;/h2-3,6-9,16-17,19H,4-5,10-15H2,1H3,(H,27,32)(H,30,31);2*1H. The quantitative estimate of drug-likeness (QED) is 0.579. The van der Waals surface area contributed by atoms with Gasteiger partial charge >= 0.3 is 5.97 Å². The average Bonchev–Trinajstić information content (AvgIpc) is 2.78. The molecule has 1 aliphatic carbocycles. The first-order valence-corrected chi connectivity index (χ1v) is 11.2. The fourth-order valence-electron chi connectivity index (χ4n) is 4.31. The second-order valence-electron chi connectivity index (χ2n) is 8.77. The molecular formula is C25H32Cl2N4O3. The molecule has 0 aromatic heterocycles. The van der Waals surface area contributed by atoms with E-state index in [0.29, 0.717) is 5.56 Å². The van der Waals surface area contributed by atoms with Crippen LogP contribution in [0, 0.1) is 5.92 Å². The van der Waals surface area contributed by atoms with Gasteiger partial charge in [0.2, 0.25) is 0 Å². The number of likely N-dealkylation sites (N-methyl/N-ethyl adjacent to an activating group) is 1. The minimum absolute atomic E-state index is 0. The highest BCUT2D eigenvalue weighted by Crippen LogP contribution is 2.29. The number of nitrogens with one attached hydrogen (secondary N) is 1. The molecule has 0 bridgehead atoms. The van der Waals surface area contributed by atoms with Crippen LogP contribution in [0.5, 0.6) is 0 Å². The van der Waals surface area contributed by atoms with Crippen molar-refractivity contribution < 1.29 is 14.7 Å². The van der Waals surface area contributed by atoms with Crippen LogP contribution in [0.3, 0.4) is 0 Å². The third-order valence-electron chi connectivity index (χ3n) is 6.28. The normalized spacial score (nSPS) is 17.9. The number of fused-ring (bicyclic) bond motifs is 1. The number of benzene rings is 2. The van der Waals surface area contributed by atoms with Gasteiger partial charge in [0, 0.05) is 43.9 Å². The Morgan fingerprint density at radius 3 is 2.44 bits per heavy atom. The molecule has 2 aromatic carbocycles. The van der Waals surface area contributed by atoms with E-state index < -0.39 is 5.97 Å². The van der Waals surface area contributed by atoms with E-state index in [1.165, 1.54) is 5.56 Å². The summed E-state index contributed by atoms with van der Waals surface area (Å²) in [5.41, 5.74) is 4.66. The molecule has 9 heteroatoms. The molecule has 1 atom stereocenters. The maximum atomic E-state index is 12.7. The Morgan fingerprint density at radius 1 is 1.06 bits per heavy atom. The molecule has 1 saturated heterocycles. The molecule has 1 unspecified atom stereocenters. The van der Waals surface area contributed by atoms with Crippen LogP contribution in [0.4, 0.5) is 5.69 Å². The number of piperazine rings is 1. The summed E-state index contributed by atoms with van der Waals surface area (Å²) >= 11 is 0. The van der Waals surface area contributed by atoms with Crippen molar-refractivity contribution in [3.63, 3.8) is 0 Å². The first kappa shape index (κ1) is 27.6. The zero-order valence-electron chi connectivity index (χ0n) is 19.3. The van der Waals surface area contributed by atoms with E-state index in [0.717, 1.165) is 62.3 Å². The number of carbonyl (C=O) groups excluding carboxylic acids is 1. The minimum atomic E-state index is -0.750. The molecule has 1 heterocycles. The Hall–Kier alpha value is -2.61. The van der Waals surface area contributed by atoms with Gasteiger partial charge in [-0.2, -0.15) is 5.10 Å². The molecule has 7 nitrogen and oxygen atoms in total. The molecule has 2 N–H and O–H groups in total. The van der Waals surface area contributed by atoms with Crippen molar-refractivity contribution in [1.82, 2.24) is 9.91 Å². The fourth-order valence-corrected chi connectivity index (χ4v) is 4.31. The Bertz CT molecular complexity index is 1010. The predicted molar refractivity (Wildman–Crippen MR) is 140 cm³/mol. The molecule has 0 saturated carbocycles. The SMILES string of the molecule is CN1CCN(N=Cc2ccc(C(=O)Nc3ccc4c(c3)CC(CC(=O)O)CC4)cc2)CC1.Cl.Cl. The molecule has 0 spiro atoms. The van der Waals surface area contributed by atoms with Crippen molar-refractivity contribution in [3.8, 4) is 0 Å². The lowest BCUT2D eigenvalue weighted by Crippen LogP contribution is -2.41. The van der Waals surface area contributed by atoms with E-state index in [1.54, 1.807) is 0 Å².